The first-order chi connectivity index (χ1) is 11.7. The molecule has 24 heavy (non-hydrogen) atoms. The van der Waals surface area contributed by atoms with E-state index in [0.717, 1.165) is 21.2 Å². The molecule has 0 unspecified atom stereocenters. The lowest BCUT2D eigenvalue weighted by atomic mass is 10.2. The van der Waals surface area contributed by atoms with Crippen molar-refractivity contribution in [1.29, 1.82) is 0 Å². The van der Waals surface area contributed by atoms with E-state index in [1.54, 1.807) is 17.8 Å². The van der Waals surface area contributed by atoms with Crippen LogP contribution in [-0.2, 0) is 5.75 Å². The molecule has 0 radical (unpaired) electrons. The van der Waals surface area contributed by atoms with E-state index in [2.05, 4.69) is 15.3 Å². The number of thioether (sulfide) groups is 1. The predicted octanol–water partition coefficient (Wildman–Crippen LogP) is 4.67. The Kier molecular flexibility index (Phi) is 5.46. The molecular weight excluding hydrogens is 342 g/mol. The third kappa shape index (κ3) is 4.34. The van der Waals surface area contributed by atoms with Crippen molar-refractivity contribution >= 4 is 35.0 Å². The zero-order valence-electron chi connectivity index (χ0n) is 12.6. The highest BCUT2D eigenvalue weighted by Gasteiger charge is 2.08. The molecule has 0 atom stereocenters. The molecule has 3 rings (SSSR count). The lowest BCUT2D eigenvalue weighted by Gasteiger charge is -2.07. The van der Waals surface area contributed by atoms with Gasteiger partial charge in [0.15, 0.2) is 0 Å². The third-order valence-corrected chi connectivity index (χ3v) is 4.66. The smallest absolute Gasteiger partial charge is 0.293 e. The molecule has 1 amide bonds. The number of carbonyl (C=O) groups is 1. The van der Waals surface area contributed by atoms with E-state index in [4.69, 9.17) is 11.6 Å². The monoisotopic (exact) mass is 355 g/mol. The molecule has 0 aliphatic rings. The maximum atomic E-state index is 12.0. The van der Waals surface area contributed by atoms with Gasteiger partial charge in [-0.3, -0.25) is 4.79 Å². The summed E-state index contributed by atoms with van der Waals surface area (Å²) >= 11 is 7.85. The van der Waals surface area contributed by atoms with Crippen LogP contribution in [0.25, 0.3) is 0 Å². The van der Waals surface area contributed by atoms with Gasteiger partial charge in [-0.25, -0.2) is 9.97 Å². The molecule has 0 aliphatic carbocycles. The van der Waals surface area contributed by atoms with Crippen molar-refractivity contribution in [2.24, 2.45) is 0 Å². The fourth-order valence-corrected chi connectivity index (χ4v) is 3.20. The van der Waals surface area contributed by atoms with Gasteiger partial charge < -0.3 is 5.32 Å². The fourth-order valence-electron chi connectivity index (χ4n) is 2.01. The number of aromatic nitrogens is 2. The van der Waals surface area contributed by atoms with Gasteiger partial charge in [0.2, 0.25) is 5.82 Å². The predicted molar refractivity (Wildman–Crippen MR) is 97.4 cm³/mol. The summed E-state index contributed by atoms with van der Waals surface area (Å²) in [4.78, 5) is 20.9. The van der Waals surface area contributed by atoms with E-state index in [1.807, 2.05) is 48.5 Å². The Hall–Kier alpha value is -2.37. The molecule has 0 spiro atoms. The van der Waals surface area contributed by atoms with Crippen LogP contribution in [0.2, 0.25) is 5.02 Å². The van der Waals surface area contributed by atoms with Crippen LogP contribution >= 0.6 is 23.4 Å². The van der Waals surface area contributed by atoms with Gasteiger partial charge in [-0.1, -0.05) is 29.8 Å². The number of benzene rings is 2. The minimum Gasteiger partial charge on any atom is -0.319 e. The Balaban J connectivity index is 1.59. The SMILES string of the molecule is O=C(Nc1ccc(SCc2ccccc2Cl)cc1)c1ncccn1. The highest BCUT2D eigenvalue weighted by Crippen LogP contribution is 2.27. The van der Waals surface area contributed by atoms with Crippen molar-refractivity contribution in [3.05, 3.63) is 83.4 Å². The summed E-state index contributed by atoms with van der Waals surface area (Å²) in [5.74, 6) is 0.616. The molecule has 2 aromatic carbocycles. The Labute approximate surface area is 149 Å². The van der Waals surface area contributed by atoms with E-state index in [9.17, 15) is 4.79 Å². The molecule has 6 heteroatoms. The van der Waals surface area contributed by atoms with Gasteiger partial charge in [0.05, 0.1) is 0 Å². The van der Waals surface area contributed by atoms with Crippen molar-refractivity contribution < 1.29 is 4.79 Å². The number of nitrogens with zero attached hydrogens (tertiary/aromatic N) is 2. The van der Waals surface area contributed by atoms with Crippen LogP contribution in [-0.4, -0.2) is 15.9 Å². The third-order valence-electron chi connectivity index (χ3n) is 3.23. The summed E-state index contributed by atoms with van der Waals surface area (Å²) in [5, 5.41) is 3.55. The Morgan fingerprint density at radius 1 is 1.00 bits per heavy atom. The highest BCUT2D eigenvalue weighted by atomic mass is 35.5. The Morgan fingerprint density at radius 2 is 1.71 bits per heavy atom. The summed E-state index contributed by atoms with van der Waals surface area (Å²) in [6, 6.07) is 17.1. The number of anilines is 1. The van der Waals surface area contributed by atoms with E-state index < -0.39 is 0 Å². The number of hydrogen-bond acceptors (Lipinski definition) is 4. The average molecular weight is 356 g/mol. The van der Waals surface area contributed by atoms with Gasteiger partial charge in [0, 0.05) is 33.8 Å². The van der Waals surface area contributed by atoms with E-state index in [0.29, 0.717) is 5.69 Å². The number of rotatable bonds is 5. The number of halogens is 1. The molecule has 0 fully saturated rings. The lowest BCUT2D eigenvalue weighted by Crippen LogP contribution is -2.15. The standard InChI is InChI=1S/C18H14ClN3OS/c19-16-5-2-1-4-13(16)12-24-15-8-6-14(7-9-15)22-18(23)17-20-10-3-11-21-17/h1-11H,12H2,(H,22,23). The summed E-state index contributed by atoms with van der Waals surface area (Å²) in [5.41, 5.74) is 1.80. The molecular formula is C18H14ClN3OS. The highest BCUT2D eigenvalue weighted by molar-refractivity contribution is 7.98. The van der Waals surface area contributed by atoms with E-state index in [-0.39, 0.29) is 11.7 Å². The normalized spacial score (nSPS) is 10.4. The second-order valence-electron chi connectivity index (χ2n) is 4.93. The fraction of sp³-hybridized carbons (Fsp3) is 0.0556. The van der Waals surface area contributed by atoms with Gasteiger partial charge in [-0.2, -0.15) is 0 Å². The molecule has 0 saturated carbocycles. The van der Waals surface area contributed by atoms with Crippen LogP contribution in [0.15, 0.2) is 71.9 Å². The second kappa shape index (κ2) is 7.95. The molecule has 1 N–H and O–H groups in total. The van der Waals surface area contributed by atoms with Gasteiger partial charge in [0.1, 0.15) is 0 Å². The number of amides is 1. The molecule has 1 aromatic heterocycles. The summed E-state index contributed by atoms with van der Waals surface area (Å²) in [7, 11) is 0. The lowest BCUT2D eigenvalue weighted by molar-refractivity contribution is 0.101. The second-order valence-corrected chi connectivity index (χ2v) is 6.39. The molecule has 0 saturated heterocycles. The van der Waals surface area contributed by atoms with E-state index >= 15 is 0 Å². The number of hydrogen-bond donors (Lipinski definition) is 1. The molecule has 1 heterocycles. The number of nitrogens with one attached hydrogen (secondary N) is 1. The zero-order chi connectivity index (χ0) is 16.8. The van der Waals surface area contributed by atoms with Crippen LogP contribution in [0.3, 0.4) is 0 Å². The van der Waals surface area contributed by atoms with Crippen molar-refractivity contribution in [2.75, 3.05) is 5.32 Å². The van der Waals surface area contributed by atoms with Crippen LogP contribution < -0.4 is 5.32 Å². The zero-order valence-corrected chi connectivity index (χ0v) is 14.2. The van der Waals surface area contributed by atoms with Gasteiger partial charge in [-0.05, 0) is 42.0 Å². The molecule has 120 valence electrons. The first-order valence-corrected chi connectivity index (χ1v) is 8.63. The maximum Gasteiger partial charge on any atom is 0.293 e. The Bertz CT molecular complexity index is 825. The van der Waals surface area contributed by atoms with Gasteiger partial charge in [0.25, 0.3) is 5.91 Å². The quantitative estimate of drug-likeness (QED) is 0.675. The van der Waals surface area contributed by atoms with Gasteiger partial charge >= 0.3 is 0 Å². The van der Waals surface area contributed by atoms with Crippen LogP contribution in [0, 0.1) is 0 Å². The summed E-state index contributed by atoms with van der Waals surface area (Å²) in [6.07, 6.45) is 3.08. The average Bonchev–Trinajstić information content (AvgIpc) is 2.63. The summed E-state index contributed by atoms with van der Waals surface area (Å²) < 4.78 is 0. The van der Waals surface area contributed by atoms with Crippen molar-refractivity contribution in [2.45, 2.75) is 10.6 Å². The van der Waals surface area contributed by atoms with Crippen molar-refractivity contribution in [3.8, 4) is 0 Å². The van der Waals surface area contributed by atoms with Crippen molar-refractivity contribution in [1.82, 2.24) is 9.97 Å². The van der Waals surface area contributed by atoms with Crippen LogP contribution in [0.1, 0.15) is 16.2 Å². The first-order valence-electron chi connectivity index (χ1n) is 7.27. The maximum absolute atomic E-state index is 12.0. The van der Waals surface area contributed by atoms with Crippen molar-refractivity contribution in [3.63, 3.8) is 0 Å². The largest absolute Gasteiger partial charge is 0.319 e. The summed E-state index contributed by atoms with van der Waals surface area (Å²) in [6.45, 7) is 0. The molecule has 3 aromatic rings. The Morgan fingerprint density at radius 3 is 2.42 bits per heavy atom. The topological polar surface area (TPSA) is 54.9 Å². The number of carbonyl (C=O) groups excluding carboxylic acids is 1. The molecule has 0 aliphatic heterocycles. The van der Waals surface area contributed by atoms with Crippen LogP contribution in [0.5, 0.6) is 0 Å². The first kappa shape index (κ1) is 16.5. The van der Waals surface area contributed by atoms with Crippen LogP contribution in [0.4, 0.5) is 5.69 Å². The molecule has 0 bridgehead atoms. The minimum atomic E-state index is -0.327. The van der Waals surface area contributed by atoms with Gasteiger partial charge in [-0.15, -0.1) is 11.8 Å². The van der Waals surface area contributed by atoms with E-state index in [1.165, 1.54) is 12.4 Å². The molecule has 4 nitrogen and oxygen atoms in total. The minimum absolute atomic E-state index is 0.148.